The minimum atomic E-state index is -2.87. The van der Waals surface area contributed by atoms with Gasteiger partial charge in [-0.15, -0.1) is 0 Å². The Bertz CT molecular complexity index is 1130. The van der Waals surface area contributed by atoms with Crippen LogP contribution in [0.1, 0.15) is 55.1 Å². The van der Waals surface area contributed by atoms with Gasteiger partial charge in [0.25, 0.3) is 6.43 Å². The van der Waals surface area contributed by atoms with Gasteiger partial charge in [-0.05, 0) is 25.8 Å². The van der Waals surface area contributed by atoms with E-state index < -0.39 is 23.8 Å². The van der Waals surface area contributed by atoms with Crippen LogP contribution in [0, 0.1) is 5.82 Å². The molecule has 1 saturated heterocycles. The number of pyridine rings is 1. The summed E-state index contributed by atoms with van der Waals surface area (Å²) < 4.78 is 46.5. The fourth-order valence-corrected chi connectivity index (χ4v) is 4.00. The number of aromatic nitrogens is 3. The molecule has 9 heteroatoms. The molecule has 1 aliphatic carbocycles. The molecule has 3 aromatic rings. The molecule has 0 radical (unpaired) electrons. The molecule has 1 aromatic carbocycles. The van der Waals surface area contributed by atoms with Crippen LogP contribution in [0.3, 0.4) is 0 Å². The smallest absolute Gasteiger partial charge is 0.266 e. The number of alkyl halides is 2. The molecular weight excluding hydrogens is 419 g/mol. The molecule has 6 nitrogen and oxygen atoms in total. The Kier molecular flexibility index (Phi) is 5.58. The number of nitrogens with zero attached hydrogens (tertiary/aromatic N) is 4. The number of hydrogen-bond acceptors (Lipinski definition) is 6. The van der Waals surface area contributed by atoms with Gasteiger partial charge < -0.3 is 15.0 Å². The summed E-state index contributed by atoms with van der Waals surface area (Å²) >= 11 is 0. The third-order valence-electron chi connectivity index (χ3n) is 5.99. The highest BCUT2D eigenvalue weighted by Crippen LogP contribution is 2.40. The molecule has 0 amide bonds. The molecule has 1 atom stereocenters. The number of ether oxygens (including phenoxy) is 1. The molecule has 2 aliphatic rings. The fourth-order valence-electron chi connectivity index (χ4n) is 4.00. The van der Waals surface area contributed by atoms with Crippen molar-refractivity contribution in [1.29, 1.82) is 0 Å². The lowest BCUT2D eigenvalue weighted by molar-refractivity contribution is 0.122. The van der Waals surface area contributed by atoms with Gasteiger partial charge in [-0.1, -0.05) is 18.2 Å². The summed E-state index contributed by atoms with van der Waals surface area (Å²) in [5.74, 6) is 0.653. The quantitative estimate of drug-likeness (QED) is 0.579. The standard InChI is InChI=1S/C23H24F3N5O/c1-13(16-3-2-4-17(19(16)24)20(25)26)28-23-18-11-15(31-7-9-32-10-8-31)12-27-22(18)29-21(30-23)14-5-6-14/h2-4,11-14,20H,5-10H2,1H3,(H,27,28,29,30)/t13-/m1/s1. The molecule has 0 spiro atoms. The topological polar surface area (TPSA) is 63.2 Å². The first-order chi connectivity index (χ1) is 15.5. The second-order valence-corrected chi connectivity index (χ2v) is 8.29. The van der Waals surface area contributed by atoms with Crippen molar-refractivity contribution in [2.75, 3.05) is 36.5 Å². The number of nitrogens with one attached hydrogen (secondary N) is 1. The molecule has 0 bridgehead atoms. The zero-order valence-electron chi connectivity index (χ0n) is 17.7. The van der Waals surface area contributed by atoms with Crippen molar-refractivity contribution in [3.05, 3.63) is 53.2 Å². The highest BCUT2D eigenvalue weighted by atomic mass is 19.3. The van der Waals surface area contributed by atoms with Gasteiger partial charge in [0.2, 0.25) is 0 Å². The first kappa shape index (κ1) is 20.9. The van der Waals surface area contributed by atoms with Gasteiger partial charge in [0, 0.05) is 24.6 Å². The maximum absolute atomic E-state index is 14.7. The van der Waals surface area contributed by atoms with E-state index in [-0.39, 0.29) is 5.56 Å². The van der Waals surface area contributed by atoms with E-state index in [1.54, 1.807) is 13.1 Å². The van der Waals surface area contributed by atoms with Crippen LogP contribution in [0.2, 0.25) is 0 Å². The molecule has 5 rings (SSSR count). The largest absolute Gasteiger partial charge is 0.378 e. The molecule has 0 unspecified atom stereocenters. The summed E-state index contributed by atoms with van der Waals surface area (Å²) in [6.45, 7) is 4.56. The molecule has 1 saturated carbocycles. The predicted octanol–water partition coefficient (Wildman–Crippen LogP) is 4.99. The highest BCUT2D eigenvalue weighted by Gasteiger charge is 2.29. The zero-order valence-corrected chi connectivity index (χ0v) is 17.7. The average Bonchev–Trinajstić information content (AvgIpc) is 3.65. The van der Waals surface area contributed by atoms with Crippen LogP contribution >= 0.6 is 0 Å². The van der Waals surface area contributed by atoms with Crippen LogP contribution in [-0.4, -0.2) is 41.3 Å². The molecule has 32 heavy (non-hydrogen) atoms. The van der Waals surface area contributed by atoms with Crippen LogP contribution in [-0.2, 0) is 4.74 Å². The van der Waals surface area contributed by atoms with Crippen LogP contribution in [0.25, 0.3) is 11.0 Å². The van der Waals surface area contributed by atoms with E-state index in [2.05, 4.69) is 20.2 Å². The van der Waals surface area contributed by atoms with E-state index >= 15 is 0 Å². The summed E-state index contributed by atoms with van der Waals surface area (Å²) in [6.07, 6.45) is 0.981. The van der Waals surface area contributed by atoms with Gasteiger partial charge in [0.05, 0.1) is 42.1 Å². The van der Waals surface area contributed by atoms with Crippen LogP contribution in [0.15, 0.2) is 30.5 Å². The van der Waals surface area contributed by atoms with Crippen molar-refractivity contribution in [2.45, 2.75) is 38.2 Å². The summed E-state index contributed by atoms with van der Waals surface area (Å²) in [5.41, 5.74) is 1.07. The third kappa shape index (κ3) is 4.09. The molecule has 2 fully saturated rings. The zero-order chi connectivity index (χ0) is 22.2. The van der Waals surface area contributed by atoms with Crippen LogP contribution in [0.5, 0.6) is 0 Å². The van der Waals surface area contributed by atoms with Gasteiger partial charge in [0.15, 0.2) is 5.65 Å². The van der Waals surface area contributed by atoms with Gasteiger partial charge in [-0.25, -0.2) is 28.1 Å². The molecule has 3 heterocycles. The Morgan fingerprint density at radius 1 is 1.12 bits per heavy atom. The maximum Gasteiger partial charge on any atom is 0.266 e. The van der Waals surface area contributed by atoms with Gasteiger partial charge >= 0.3 is 0 Å². The van der Waals surface area contributed by atoms with Crippen molar-refractivity contribution in [2.24, 2.45) is 0 Å². The minimum Gasteiger partial charge on any atom is -0.378 e. The predicted molar refractivity (Wildman–Crippen MR) is 116 cm³/mol. The Labute approximate surface area is 183 Å². The molecule has 2 aromatic heterocycles. The van der Waals surface area contributed by atoms with Crippen molar-refractivity contribution < 1.29 is 17.9 Å². The summed E-state index contributed by atoms with van der Waals surface area (Å²) in [4.78, 5) is 16.1. The van der Waals surface area contributed by atoms with E-state index in [0.717, 1.165) is 43.1 Å². The number of rotatable bonds is 6. The van der Waals surface area contributed by atoms with Crippen molar-refractivity contribution in [3.63, 3.8) is 0 Å². The summed E-state index contributed by atoms with van der Waals surface area (Å²) in [5, 5.41) is 3.96. The molecule has 168 valence electrons. The van der Waals surface area contributed by atoms with Gasteiger partial charge in [-0.2, -0.15) is 0 Å². The van der Waals surface area contributed by atoms with Crippen LogP contribution < -0.4 is 10.2 Å². The number of morpholine rings is 1. The van der Waals surface area contributed by atoms with Crippen molar-refractivity contribution in [1.82, 2.24) is 15.0 Å². The lowest BCUT2D eigenvalue weighted by Crippen LogP contribution is -2.36. The Morgan fingerprint density at radius 2 is 1.88 bits per heavy atom. The number of benzene rings is 1. The first-order valence-corrected chi connectivity index (χ1v) is 10.8. The average molecular weight is 443 g/mol. The lowest BCUT2D eigenvalue weighted by Gasteiger charge is -2.28. The number of hydrogen-bond donors (Lipinski definition) is 1. The maximum atomic E-state index is 14.7. The lowest BCUT2D eigenvalue weighted by atomic mass is 10.0. The van der Waals surface area contributed by atoms with E-state index in [4.69, 9.17) is 9.72 Å². The Morgan fingerprint density at radius 3 is 2.59 bits per heavy atom. The highest BCUT2D eigenvalue weighted by molar-refractivity contribution is 5.89. The monoisotopic (exact) mass is 443 g/mol. The van der Waals surface area contributed by atoms with E-state index in [9.17, 15) is 13.2 Å². The van der Waals surface area contributed by atoms with Crippen molar-refractivity contribution in [3.8, 4) is 0 Å². The number of fused-ring (bicyclic) bond motifs is 1. The minimum absolute atomic E-state index is 0.167. The van der Waals surface area contributed by atoms with E-state index in [1.165, 1.54) is 12.1 Å². The number of anilines is 2. The van der Waals surface area contributed by atoms with Crippen LogP contribution in [0.4, 0.5) is 24.7 Å². The van der Waals surface area contributed by atoms with E-state index in [1.807, 2.05) is 6.07 Å². The molecule has 1 N–H and O–H groups in total. The van der Waals surface area contributed by atoms with Gasteiger partial charge in [0.1, 0.15) is 17.5 Å². The van der Waals surface area contributed by atoms with E-state index in [0.29, 0.717) is 36.4 Å². The molecule has 1 aliphatic heterocycles. The fraction of sp³-hybridized carbons (Fsp3) is 0.435. The van der Waals surface area contributed by atoms with Crippen molar-refractivity contribution >= 4 is 22.5 Å². The number of halogens is 3. The summed E-state index contributed by atoms with van der Waals surface area (Å²) in [6, 6.07) is 5.47. The first-order valence-electron chi connectivity index (χ1n) is 10.8. The Balaban J connectivity index is 1.53. The second kappa shape index (κ2) is 8.54. The molecular formula is C23H24F3N5O. The SMILES string of the molecule is C[C@@H](Nc1nc(C2CC2)nc2ncc(N3CCOCC3)cc12)c1cccc(C(F)F)c1F. The second-order valence-electron chi connectivity index (χ2n) is 8.29. The third-order valence-corrected chi connectivity index (χ3v) is 5.99. The normalized spacial score (nSPS) is 17.7. The Hall–Kier alpha value is -2.94. The van der Waals surface area contributed by atoms with Gasteiger partial charge in [-0.3, -0.25) is 0 Å². The summed E-state index contributed by atoms with van der Waals surface area (Å²) in [7, 11) is 0.